The number of pyridine rings is 1. The number of H-pyrrole nitrogens is 1. The second kappa shape index (κ2) is 8.65. The highest BCUT2D eigenvalue weighted by Gasteiger charge is 2.06. The van der Waals surface area contributed by atoms with Gasteiger partial charge in [0.2, 0.25) is 11.9 Å². The molecule has 0 atom stereocenters. The average Bonchev–Trinajstić information content (AvgIpc) is 3.16. The van der Waals surface area contributed by atoms with E-state index in [0.29, 0.717) is 30.6 Å². The molecule has 0 radical (unpaired) electrons. The zero-order valence-electron chi connectivity index (χ0n) is 15.1. The fourth-order valence-electron chi connectivity index (χ4n) is 2.21. The minimum absolute atomic E-state index is 0.196. The molecule has 0 aliphatic carbocycles. The van der Waals surface area contributed by atoms with Gasteiger partial charge in [0.1, 0.15) is 5.82 Å². The van der Waals surface area contributed by atoms with Crippen molar-refractivity contribution in [2.45, 2.75) is 6.42 Å². The summed E-state index contributed by atoms with van der Waals surface area (Å²) in [4.78, 5) is 30.5. The van der Waals surface area contributed by atoms with Crippen molar-refractivity contribution in [1.82, 2.24) is 35.5 Å². The van der Waals surface area contributed by atoms with Gasteiger partial charge in [0.05, 0.1) is 0 Å². The number of carbonyl (C=O) groups is 1. The molecule has 138 valence electrons. The first-order valence-corrected chi connectivity index (χ1v) is 8.39. The summed E-state index contributed by atoms with van der Waals surface area (Å²) < 4.78 is 0. The first-order valence-electron chi connectivity index (χ1n) is 8.39. The maximum atomic E-state index is 11.9. The van der Waals surface area contributed by atoms with Gasteiger partial charge in [-0.3, -0.25) is 14.9 Å². The minimum atomic E-state index is -0.196. The fourth-order valence-corrected chi connectivity index (χ4v) is 2.21. The Hall–Kier alpha value is -3.62. The van der Waals surface area contributed by atoms with Crippen molar-refractivity contribution >= 4 is 17.9 Å². The minimum Gasteiger partial charge on any atom is -0.352 e. The topological polar surface area (TPSA) is 113 Å². The molecule has 27 heavy (non-hydrogen) atoms. The quantitative estimate of drug-likeness (QED) is 0.604. The van der Waals surface area contributed by atoms with E-state index in [1.807, 2.05) is 31.1 Å². The molecule has 0 saturated carbocycles. The van der Waals surface area contributed by atoms with E-state index < -0.39 is 0 Å². The van der Waals surface area contributed by atoms with Crippen molar-refractivity contribution in [2.75, 3.05) is 25.5 Å². The van der Waals surface area contributed by atoms with Crippen LogP contribution in [-0.4, -0.2) is 56.7 Å². The molecular formula is C18H20N8O. The zero-order valence-corrected chi connectivity index (χ0v) is 15.1. The van der Waals surface area contributed by atoms with Crippen molar-refractivity contribution in [2.24, 2.45) is 0 Å². The van der Waals surface area contributed by atoms with Crippen LogP contribution in [0.1, 0.15) is 11.4 Å². The van der Waals surface area contributed by atoms with Crippen LogP contribution in [0.15, 0.2) is 43.0 Å². The van der Waals surface area contributed by atoms with E-state index in [1.54, 1.807) is 30.9 Å². The summed E-state index contributed by atoms with van der Waals surface area (Å²) in [6.07, 6.45) is 10.4. The van der Waals surface area contributed by atoms with Crippen molar-refractivity contribution in [3.05, 3.63) is 54.4 Å². The first kappa shape index (κ1) is 18.2. The highest BCUT2D eigenvalue weighted by Crippen LogP contribution is 2.11. The van der Waals surface area contributed by atoms with Crippen molar-refractivity contribution < 1.29 is 4.79 Å². The van der Waals surface area contributed by atoms with E-state index in [2.05, 4.69) is 35.5 Å². The van der Waals surface area contributed by atoms with Crippen LogP contribution < -0.4 is 10.2 Å². The van der Waals surface area contributed by atoms with Gasteiger partial charge in [-0.1, -0.05) is 0 Å². The van der Waals surface area contributed by atoms with Crippen LogP contribution in [0.5, 0.6) is 0 Å². The Balaban J connectivity index is 1.46. The van der Waals surface area contributed by atoms with Gasteiger partial charge in [0.25, 0.3) is 0 Å². The number of rotatable bonds is 7. The average molecular weight is 364 g/mol. The van der Waals surface area contributed by atoms with E-state index in [-0.39, 0.29) is 5.91 Å². The summed E-state index contributed by atoms with van der Waals surface area (Å²) in [6.45, 7) is 0.445. The highest BCUT2D eigenvalue weighted by atomic mass is 16.1. The largest absolute Gasteiger partial charge is 0.352 e. The van der Waals surface area contributed by atoms with E-state index in [9.17, 15) is 4.79 Å². The molecule has 0 saturated heterocycles. The molecule has 0 aliphatic rings. The Kier molecular flexibility index (Phi) is 5.83. The molecule has 1 amide bonds. The Morgan fingerprint density at radius 2 is 2.07 bits per heavy atom. The van der Waals surface area contributed by atoms with E-state index in [0.717, 1.165) is 11.1 Å². The molecule has 0 unspecified atom stereocenters. The number of nitrogens with one attached hydrogen (secondary N) is 2. The molecule has 9 nitrogen and oxygen atoms in total. The maximum Gasteiger partial charge on any atom is 0.244 e. The lowest BCUT2D eigenvalue weighted by Crippen LogP contribution is -2.23. The molecule has 0 bridgehead atoms. The molecule has 3 rings (SSSR count). The van der Waals surface area contributed by atoms with Gasteiger partial charge in [-0.05, 0) is 18.2 Å². The molecule has 0 aromatic carbocycles. The monoisotopic (exact) mass is 364 g/mol. The van der Waals surface area contributed by atoms with E-state index in [1.165, 1.54) is 6.08 Å². The standard InChI is InChI=1S/C18H20N8O/c1-26(2)18-21-10-13(11-22-18)5-6-16(27)20-9-7-15-23-17(25-24-15)14-4-3-8-19-12-14/h3-6,8,10-12H,7,9H2,1-2H3,(H,20,27)(H,23,24,25). The molecule has 2 N–H and O–H groups in total. The molecule has 3 aromatic rings. The Morgan fingerprint density at radius 1 is 1.26 bits per heavy atom. The second-order valence-corrected chi connectivity index (χ2v) is 5.93. The van der Waals surface area contributed by atoms with Gasteiger partial charge in [-0.2, -0.15) is 5.10 Å². The third-order valence-corrected chi connectivity index (χ3v) is 3.60. The Bertz CT molecular complexity index is 903. The maximum absolute atomic E-state index is 11.9. The van der Waals surface area contributed by atoms with E-state index in [4.69, 9.17) is 0 Å². The summed E-state index contributed by atoms with van der Waals surface area (Å²) >= 11 is 0. The zero-order chi connectivity index (χ0) is 19.1. The highest BCUT2D eigenvalue weighted by molar-refractivity contribution is 5.91. The second-order valence-electron chi connectivity index (χ2n) is 5.93. The Morgan fingerprint density at radius 3 is 2.78 bits per heavy atom. The van der Waals surface area contributed by atoms with Crippen LogP contribution in [0.2, 0.25) is 0 Å². The van der Waals surface area contributed by atoms with Crippen LogP contribution in [0.25, 0.3) is 17.5 Å². The van der Waals surface area contributed by atoms with Crippen molar-refractivity contribution in [1.29, 1.82) is 0 Å². The van der Waals surface area contributed by atoms with Crippen LogP contribution in [0.3, 0.4) is 0 Å². The van der Waals surface area contributed by atoms with E-state index >= 15 is 0 Å². The summed E-state index contributed by atoms with van der Waals surface area (Å²) in [5.74, 6) is 1.71. The lowest BCUT2D eigenvalue weighted by Gasteiger charge is -2.08. The van der Waals surface area contributed by atoms with Gasteiger partial charge >= 0.3 is 0 Å². The van der Waals surface area contributed by atoms with Crippen LogP contribution >= 0.6 is 0 Å². The molecule has 3 aromatic heterocycles. The molecule has 0 spiro atoms. The SMILES string of the molecule is CN(C)c1ncc(C=CC(=O)NCCc2nc(-c3cccnc3)n[nH]2)cn1. The smallest absolute Gasteiger partial charge is 0.244 e. The molecule has 9 heteroatoms. The molecule has 0 aliphatic heterocycles. The summed E-state index contributed by atoms with van der Waals surface area (Å²) in [5, 5.41) is 9.84. The van der Waals surface area contributed by atoms with Gasteiger partial charge in [-0.25, -0.2) is 15.0 Å². The van der Waals surface area contributed by atoms with Crippen molar-refractivity contribution in [3.63, 3.8) is 0 Å². The number of aromatic amines is 1. The predicted molar refractivity (Wildman–Crippen MR) is 102 cm³/mol. The fraction of sp³-hybridized carbons (Fsp3) is 0.222. The Labute approximate surface area is 156 Å². The lowest BCUT2D eigenvalue weighted by atomic mass is 10.3. The number of aromatic nitrogens is 6. The van der Waals surface area contributed by atoms with Crippen LogP contribution in [-0.2, 0) is 11.2 Å². The summed E-state index contributed by atoms with van der Waals surface area (Å²) in [7, 11) is 3.74. The normalized spacial score (nSPS) is 10.9. The van der Waals surface area contributed by atoms with Gasteiger partial charge < -0.3 is 10.2 Å². The van der Waals surface area contributed by atoms with Gasteiger partial charge in [0.15, 0.2) is 5.82 Å². The predicted octanol–water partition coefficient (Wildman–Crippen LogP) is 1.09. The third kappa shape index (κ3) is 5.18. The number of hydrogen-bond acceptors (Lipinski definition) is 7. The number of hydrogen-bond donors (Lipinski definition) is 2. The van der Waals surface area contributed by atoms with Crippen molar-refractivity contribution in [3.8, 4) is 11.4 Å². The first-order chi connectivity index (χ1) is 13.1. The van der Waals surface area contributed by atoms with Gasteiger partial charge in [-0.15, -0.1) is 0 Å². The third-order valence-electron chi connectivity index (χ3n) is 3.60. The lowest BCUT2D eigenvalue weighted by molar-refractivity contribution is -0.116. The molecular weight excluding hydrogens is 344 g/mol. The van der Waals surface area contributed by atoms with Crippen LogP contribution in [0, 0.1) is 0 Å². The number of nitrogens with zero attached hydrogens (tertiary/aromatic N) is 6. The molecule has 3 heterocycles. The number of carbonyl (C=O) groups excluding carboxylic acids is 1. The summed E-state index contributed by atoms with van der Waals surface area (Å²) in [6, 6.07) is 3.72. The van der Waals surface area contributed by atoms with Gasteiger partial charge in [0, 0.05) is 69.1 Å². The summed E-state index contributed by atoms with van der Waals surface area (Å²) in [5.41, 5.74) is 1.60. The number of amides is 1. The number of anilines is 1. The molecule has 0 fully saturated rings. The van der Waals surface area contributed by atoms with Crippen LogP contribution in [0.4, 0.5) is 5.95 Å².